The first-order valence-corrected chi connectivity index (χ1v) is 7.35. The molecule has 1 N–H and O–H groups in total. The highest BCUT2D eigenvalue weighted by Gasteiger charge is 2.30. The van der Waals surface area contributed by atoms with Gasteiger partial charge in [-0.1, -0.05) is 26.0 Å². The van der Waals surface area contributed by atoms with E-state index >= 15 is 0 Å². The largest absolute Gasteiger partial charge is 0.341 e. The zero-order valence-electron chi connectivity index (χ0n) is 12.4. The van der Waals surface area contributed by atoms with Crippen LogP contribution in [0.15, 0.2) is 24.3 Å². The highest BCUT2D eigenvalue weighted by Crippen LogP contribution is 2.14. The molecule has 1 atom stereocenters. The summed E-state index contributed by atoms with van der Waals surface area (Å²) in [4.78, 5) is 26.4. The summed E-state index contributed by atoms with van der Waals surface area (Å²) < 4.78 is 13.6. The maximum absolute atomic E-state index is 13.6. The average Bonchev–Trinajstić information content (AvgIpc) is 2.98. The molecule has 0 bridgehead atoms. The number of hydrogen-bond acceptors (Lipinski definition) is 2. The van der Waals surface area contributed by atoms with Gasteiger partial charge in [-0.15, -0.1) is 0 Å². The quantitative estimate of drug-likeness (QED) is 0.925. The molecule has 0 aliphatic carbocycles. The standard InChI is InChI=1S/C16H21FN2O2/c1-11(2)14(16(21)19-9-5-6-10-19)18-15(20)12-7-3-4-8-13(12)17/h3-4,7-8,11,14H,5-6,9-10H2,1-2H3,(H,18,20)/t14-/m1/s1. The van der Waals surface area contributed by atoms with E-state index in [0.717, 1.165) is 25.9 Å². The van der Waals surface area contributed by atoms with Crippen molar-refractivity contribution >= 4 is 11.8 Å². The van der Waals surface area contributed by atoms with Gasteiger partial charge in [-0.3, -0.25) is 9.59 Å². The summed E-state index contributed by atoms with van der Waals surface area (Å²) >= 11 is 0. The zero-order chi connectivity index (χ0) is 15.4. The highest BCUT2D eigenvalue weighted by molar-refractivity contribution is 5.97. The van der Waals surface area contributed by atoms with E-state index < -0.39 is 17.8 Å². The number of nitrogens with zero attached hydrogens (tertiary/aromatic N) is 1. The minimum Gasteiger partial charge on any atom is -0.341 e. The van der Waals surface area contributed by atoms with Crippen LogP contribution in [0.1, 0.15) is 37.0 Å². The Hall–Kier alpha value is -1.91. The molecule has 0 spiro atoms. The van der Waals surface area contributed by atoms with Crippen molar-refractivity contribution in [2.75, 3.05) is 13.1 Å². The molecule has 2 rings (SSSR count). The maximum atomic E-state index is 13.6. The smallest absolute Gasteiger partial charge is 0.254 e. The lowest BCUT2D eigenvalue weighted by atomic mass is 10.0. The molecule has 4 nitrogen and oxygen atoms in total. The first-order valence-electron chi connectivity index (χ1n) is 7.35. The van der Waals surface area contributed by atoms with Crippen LogP contribution < -0.4 is 5.32 Å². The third-order valence-corrected chi connectivity index (χ3v) is 3.76. The second kappa shape index (κ2) is 6.70. The van der Waals surface area contributed by atoms with Crippen LogP contribution in [0, 0.1) is 11.7 Å². The predicted octanol–water partition coefficient (Wildman–Crippen LogP) is 2.20. The van der Waals surface area contributed by atoms with Crippen molar-refractivity contribution in [1.82, 2.24) is 10.2 Å². The molecular formula is C16H21FN2O2. The molecule has 1 aromatic carbocycles. The van der Waals surface area contributed by atoms with Crippen molar-refractivity contribution in [3.05, 3.63) is 35.6 Å². The molecule has 1 saturated heterocycles. The van der Waals surface area contributed by atoms with Crippen LogP contribution in [0.4, 0.5) is 4.39 Å². The van der Waals surface area contributed by atoms with Crippen molar-refractivity contribution in [1.29, 1.82) is 0 Å². The molecule has 1 heterocycles. The van der Waals surface area contributed by atoms with E-state index in [-0.39, 0.29) is 17.4 Å². The third kappa shape index (κ3) is 3.60. The lowest BCUT2D eigenvalue weighted by Gasteiger charge is -2.26. The van der Waals surface area contributed by atoms with E-state index in [1.807, 2.05) is 13.8 Å². The first-order chi connectivity index (χ1) is 10.0. The summed E-state index contributed by atoms with van der Waals surface area (Å²) in [6, 6.07) is 5.17. The Labute approximate surface area is 124 Å². The van der Waals surface area contributed by atoms with Gasteiger partial charge in [-0.05, 0) is 30.9 Å². The van der Waals surface area contributed by atoms with Gasteiger partial charge in [0.2, 0.25) is 5.91 Å². The minimum atomic E-state index is -0.616. The second-order valence-electron chi connectivity index (χ2n) is 5.71. The van der Waals surface area contributed by atoms with Crippen LogP contribution in [0.3, 0.4) is 0 Å². The predicted molar refractivity (Wildman–Crippen MR) is 78.3 cm³/mol. The van der Waals surface area contributed by atoms with Crippen molar-refractivity contribution in [2.45, 2.75) is 32.7 Å². The van der Waals surface area contributed by atoms with E-state index in [1.54, 1.807) is 11.0 Å². The summed E-state index contributed by atoms with van der Waals surface area (Å²) in [5.41, 5.74) is -0.0302. The van der Waals surface area contributed by atoms with Crippen LogP contribution in [-0.2, 0) is 4.79 Å². The molecule has 0 radical (unpaired) electrons. The van der Waals surface area contributed by atoms with Gasteiger partial charge in [0.1, 0.15) is 11.9 Å². The molecule has 0 saturated carbocycles. The van der Waals surface area contributed by atoms with Crippen LogP contribution in [-0.4, -0.2) is 35.8 Å². The number of hydrogen-bond donors (Lipinski definition) is 1. The summed E-state index contributed by atoms with van der Waals surface area (Å²) in [7, 11) is 0. The van der Waals surface area contributed by atoms with Gasteiger partial charge in [0.05, 0.1) is 5.56 Å². The first kappa shape index (κ1) is 15.5. The summed E-state index contributed by atoms with van der Waals surface area (Å²) in [5, 5.41) is 2.68. The lowest BCUT2D eigenvalue weighted by molar-refractivity contribution is -0.133. The summed E-state index contributed by atoms with van der Waals surface area (Å²) in [6.45, 7) is 5.22. The monoisotopic (exact) mass is 292 g/mol. The van der Waals surface area contributed by atoms with Crippen LogP contribution >= 0.6 is 0 Å². The number of carbonyl (C=O) groups is 2. The Morgan fingerprint density at radius 2 is 1.81 bits per heavy atom. The number of amides is 2. The second-order valence-corrected chi connectivity index (χ2v) is 5.71. The normalized spacial score (nSPS) is 16.1. The third-order valence-electron chi connectivity index (χ3n) is 3.76. The van der Waals surface area contributed by atoms with Gasteiger partial charge < -0.3 is 10.2 Å². The Morgan fingerprint density at radius 3 is 2.38 bits per heavy atom. The Kier molecular flexibility index (Phi) is 4.94. The van der Waals surface area contributed by atoms with E-state index in [2.05, 4.69) is 5.32 Å². The van der Waals surface area contributed by atoms with Crippen molar-refractivity contribution in [3.8, 4) is 0 Å². The number of likely N-dealkylation sites (tertiary alicyclic amines) is 1. The molecular weight excluding hydrogens is 271 g/mol. The molecule has 1 aromatic rings. The van der Waals surface area contributed by atoms with E-state index in [0.29, 0.717) is 0 Å². The number of nitrogens with one attached hydrogen (secondary N) is 1. The van der Waals surface area contributed by atoms with Gasteiger partial charge >= 0.3 is 0 Å². The molecule has 21 heavy (non-hydrogen) atoms. The molecule has 1 aliphatic rings. The van der Waals surface area contributed by atoms with Gasteiger partial charge in [-0.25, -0.2) is 4.39 Å². The SMILES string of the molecule is CC(C)[C@@H](NC(=O)c1ccccc1F)C(=O)N1CCCC1. The molecule has 0 unspecified atom stereocenters. The van der Waals surface area contributed by atoms with Gasteiger partial charge in [-0.2, -0.15) is 0 Å². The van der Waals surface area contributed by atoms with E-state index in [4.69, 9.17) is 0 Å². The van der Waals surface area contributed by atoms with Gasteiger partial charge in [0.15, 0.2) is 0 Å². The Balaban J connectivity index is 2.11. The van der Waals surface area contributed by atoms with Gasteiger partial charge in [0, 0.05) is 13.1 Å². The van der Waals surface area contributed by atoms with Crippen LogP contribution in [0.25, 0.3) is 0 Å². The highest BCUT2D eigenvalue weighted by atomic mass is 19.1. The van der Waals surface area contributed by atoms with Crippen LogP contribution in [0.5, 0.6) is 0 Å². The molecule has 5 heteroatoms. The van der Waals surface area contributed by atoms with Crippen LogP contribution in [0.2, 0.25) is 0 Å². The van der Waals surface area contributed by atoms with Gasteiger partial charge in [0.25, 0.3) is 5.91 Å². The average molecular weight is 292 g/mol. The topological polar surface area (TPSA) is 49.4 Å². The number of carbonyl (C=O) groups excluding carboxylic acids is 2. The molecule has 114 valence electrons. The van der Waals surface area contributed by atoms with E-state index in [1.165, 1.54) is 18.2 Å². The lowest BCUT2D eigenvalue weighted by Crippen LogP contribution is -2.50. The van der Waals surface area contributed by atoms with E-state index in [9.17, 15) is 14.0 Å². The summed E-state index contributed by atoms with van der Waals surface area (Å²) in [6.07, 6.45) is 2.00. The number of benzene rings is 1. The fraction of sp³-hybridized carbons (Fsp3) is 0.500. The fourth-order valence-corrected chi connectivity index (χ4v) is 2.51. The molecule has 0 aromatic heterocycles. The molecule has 1 fully saturated rings. The Bertz CT molecular complexity index is 525. The van der Waals surface area contributed by atoms with Crippen molar-refractivity contribution in [2.24, 2.45) is 5.92 Å². The molecule has 2 amide bonds. The maximum Gasteiger partial charge on any atom is 0.254 e. The minimum absolute atomic E-state index is 0.0302. The summed E-state index contributed by atoms with van der Waals surface area (Å²) in [5.74, 6) is -1.24. The number of rotatable bonds is 4. The number of halogens is 1. The fourth-order valence-electron chi connectivity index (χ4n) is 2.51. The van der Waals surface area contributed by atoms with Crippen molar-refractivity contribution < 1.29 is 14.0 Å². The molecule has 1 aliphatic heterocycles. The van der Waals surface area contributed by atoms with Crippen molar-refractivity contribution in [3.63, 3.8) is 0 Å². The zero-order valence-corrected chi connectivity index (χ0v) is 12.4. The Morgan fingerprint density at radius 1 is 1.19 bits per heavy atom.